The molecule has 2 atom stereocenters. The van der Waals surface area contributed by atoms with E-state index in [4.69, 9.17) is 0 Å². The van der Waals surface area contributed by atoms with Crippen LogP contribution < -0.4 is 15.5 Å². The van der Waals surface area contributed by atoms with E-state index in [0.29, 0.717) is 77.2 Å². The molecule has 15 nitrogen and oxygen atoms in total. The Kier molecular flexibility index (Phi) is 9.80. The third-order valence-electron chi connectivity index (χ3n) is 11.1. The summed E-state index contributed by atoms with van der Waals surface area (Å²) in [6, 6.07) is 13.2. The van der Waals surface area contributed by atoms with Crippen molar-refractivity contribution in [3.8, 4) is 17.0 Å². The predicted molar refractivity (Wildman–Crippen MR) is 209 cm³/mol. The fourth-order valence-corrected chi connectivity index (χ4v) is 8.73. The average molecular weight is 820 g/mol. The Morgan fingerprint density at radius 2 is 1.76 bits per heavy atom. The number of aromatic nitrogens is 3. The van der Waals surface area contributed by atoms with E-state index in [-0.39, 0.29) is 48.7 Å². The maximum atomic E-state index is 15.3. The zero-order valence-corrected chi connectivity index (χ0v) is 32.0. The van der Waals surface area contributed by atoms with Crippen LogP contribution in [-0.2, 0) is 34.0 Å². The first kappa shape index (κ1) is 37.9. The number of phenolic OH excluding ortho intramolecular Hbond substituents is 1. The van der Waals surface area contributed by atoms with Gasteiger partial charge < -0.3 is 19.8 Å². The highest BCUT2D eigenvalue weighted by molar-refractivity contribution is 7.13. The fraction of sp³-hybridized carbons (Fsp3) is 0.268. The highest BCUT2D eigenvalue weighted by Crippen LogP contribution is 2.38. The number of piperazine rings is 1. The lowest BCUT2D eigenvalue weighted by atomic mass is 10.0. The van der Waals surface area contributed by atoms with Crippen molar-refractivity contribution in [2.45, 2.75) is 44.6 Å². The molecule has 9 rings (SSSR count). The SMILES string of the molecule is O=C1CCC(N2Cc3cc(CN4CCN(c5ccc(-c6ccc7c(c6)C(=O)N(C(C(=O)Nc6nccs6)c6cc(F)ccc6O)C7)nn5)CC4)cc(F)c3C2=O)C(=O)N1. The lowest BCUT2D eigenvalue weighted by Gasteiger charge is -2.35. The maximum Gasteiger partial charge on any atom is 0.258 e. The third-order valence-corrected chi connectivity index (χ3v) is 11.8. The lowest BCUT2D eigenvalue weighted by molar-refractivity contribution is -0.137. The Bertz CT molecular complexity index is 2530. The number of fused-ring (bicyclic) bond motifs is 2. The second kappa shape index (κ2) is 15.3. The molecule has 2 unspecified atom stereocenters. The number of phenols is 1. The number of imide groups is 1. The molecule has 2 fully saturated rings. The molecule has 0 radical (unpaired) electrons. The molecule has 300 valence electrons. The molecule has 2 aromatic heterocycles. The lowest BCUT2D eigenvalue weighted by Crippen LogP contribution is -2.52. The van der Waals surface area contributed by atoms with Gasteiger partial charge >= 0.3 is 0 Å². The van der Waals surface area contributed by atoms with Crippen LogP contribution in [0.2, 0.25) is 0 Å². The summed E-state index contributed by atoms with van der Waals surface area (Å²) in [4.78, 5) is 75.6. The second-order valence-electron chi connectivity index (χ2n) is 14.8. The van der Waals surface area contributed by atoms with Gasteiger partial charge in [-0.15, -0.1) is 21.5 Å². The molecular formula is C41H35F2N9O6S. The van der Waals surface area contributed by atoms with Gasteiger partial charge in [0.05, 0.1) is 11.3 Å². The standard InChI is InChI=1S/C41H35F2N9O6S/c42-26-3-6-32(53)28(18-26)36(38(56)46-41-44-9-14-59-41)52-20-24-2-1-23(17-27(24)39(52)57)30-4-7-33(48-47-30)50-12-10-49(11-13-50)19-22-15-25-21-51(40(58)35(25)29(43)16-22)31-5-8-34(54)45-37(31)55/h1-4,6-7,9,14-18,31,36,53H,5,8,10-13,19-21H2,(H,44,46,56)(H,45,54,55). The average Bonchev–Trinajstić information content (AvgIpc) is 3.94. The zero-order chi connectivity index (χ0) is 40.9. The van der Waals surface area contributed by atoms with Crippen LogP contribution in [0.1, 0.15) is 61.9 Å². The summed E-state index contributed by atoms with van der Waals surface area (Å²) in [6.45, 7) is 3.18. The van der Waals surface area contributed by atoms with Gasteiger partial charge in [0.25, 0.3) is 17.7 Å². The van der Waals surface area contributed by atoms with Gasteiger partial charge in [-0.25, -0.2) is 13.8 Å². The summed E-state index contributed by atoms with van der Waals surface area (Å²) in [7, 11) is 0. The minimum atomic E-state index is -1.35. The first-order valence-corrected chi connectivity index (χ1v) is 19.8. The first-order chi connectivity index (χ1) is 28.5. The predicted octanol–water partition coefficient (Wildman–Crippen LogP) is 4.00. The third kappa shape index (κ3) is 7.25. The van der Waals surface area contributed by atoms with Gasteiger partial charge in [0, 0.05) is 80.5 Å². The van der Waals surface area contributed by atoms with Crippen molar-refractivity contribution in [2.75, 3.05) is 36.4 Å². The van der Waals surface area contributed by atoms with E-state index in [2.05, 4.69) is 35.6 Å². The topological polar surface area (TPSA) is 181 Å². The number of halogens is 2. The van der Waals surface area contributed by atoms with Crippen molar-refractivity contribution in [2.24, 2.45) is 0 Å². The van der Waals surface area contributed by atoms with Gasteiger partial charge in [-0.3, -0.25) is 39.5 Å². The molecule has 0 saturated carbocycles. The maximum absolute atomic E-state index is 15.3. The number of benzene rings is 3. The minimum Gasteiger partial charge on any atom is -0.508 e. The normalized spacial score (nSPS) is 18.5. The number of carbonyl (C=O) groups excluding carboxylic acids is 5. The molecule has 3 aromatic carbocycles. The Hall–Kier alpha value is -6.66. The molecule has 4 aliphatic heterocycles. The highest BCUT2D eigenvalue weighted by Gasteiger charge is 2.42. The smallest absolute Gasteiger partial charge is 0.258 e. The van der Waals surface area contributed by atoms with E-state index in [1.165, 1.54) is 33.4 Å². The summed E-state index contributed by atoms with van der Waals surface area (Å²) in [5, 5.41) is 26.5. The number of amides is 5. The molecule has 4 aliphatic rings. The van der Waals surface area contributed by atoms with Crippen LogP contribution in [0.5, 0.6) is 5.75 Å². The summed E-state index contributed by atoms with van der Waals surface area (Å²) < 4.78 is 29.7. The largest absolute Gasteiger partial charge is 0.508 e. The van der Waals surface area contributed by atoms with Gasteiger partial charge in [0.2, 0.25) is 11.8 Å². The summed E-state index contributed by atoms with van der Waals surface area (Å²) >= 11 is 1.18. The monoisotopic (exact) mass is 819 g/mol. The molecule has 18 heteroatoms. The van der Waals surface area contributed by atoms with E-state index in [0.717, 1.165) is 18.2 Å². The van der Waals surface area contributed by atoms with Crippen molar-refractivity contribution in [3.05, 3.63) is 117 Å². The Morgan fingerprint density at radius 3 is 2.51 bits per heavy atom. The minimum absolute atomic E-state index is 0.0261. The van der Waals surface area contributed by atoms with Crippen LogP contribution in [-0.4, -0.2) is 96.7 Å². The van der Waals surface area contributed by atoms with E-state index >= 15 is 4.39 Å². The van der Waals surface area contributed by atoms with Crippen molar-refractivity contribution in [3.63, 3.8) is 0 Å². The summed E-state index contributed by atoms with van der Waals surface area (Å²) in [5.74, 6) is -3.56. The fourth-order valence-electron chi connectivity index (χ4n) is 8.20. The Balaban J connectivity index is 0.842. The van der Waals surface area contributed by atoms with E-state index in [9.17, 15) is 33.5 Å². The van der Waals surface area contributed by atoms with E-state index in [1.54, 1.807) is 17.5 Å². The van der Waals surface area contributed by atoms with E-state index < -0.39 is 47.3 Å². The molecule has 6 heterocycles. The number of piperidine rings is 1. The first-order valence-electron chi connectivity index (χ1n) is 18.9. The van der Waals surface area contributed by atoms with Crippen LogP contribution in [0, 0.1) is 11.6 Å². The van der Waals surface area contributed by atoms with E-state index in [1.807, 2.05) is 24.3 Å². The number of hydrogen-bond acceptors (Lipinski definition) is 12. The number of hydrogen-bond donors (Lipinski definition) is 3. The van der Waals surface area contributed by atoms with Crippen LogP contribution in [0.3, 0.4) is 0 Å². The van der Waals surface area contributed by atoms with Crippen LogP contribution in [0.4, 0.5) is 19.7 Å². The quantitative estimate of drug-likeness (QED) is 0.183. The number of nitrogens with one attached hydrogen (secondary N) is 2. The number of rotatable bonds is 9. The molecule has 0 aliphatic carbocycles. The molecule has 59 heavy (non-hydrogen) atoms. The van der Waals surface area contributed by atoms with Gasteiger partial charge in [0.1, 0.15) is 29.5 Å². The molecular weight excluding hydrogens is 785 g/mol. The number of aromatic hydroxyl groups is 1. The highest BCUT2D eigenvalue weighted by atomic mass is 32.1. The number of nitrogens with zero attached hydrogens (tertiary/aromatic N) is 7. The van der Waals surface area contributed by atoms with Crippen LogP contribution in [0.15, 0.2) is 72.2 Å². The zero-order valence-electron chi connectivity index (χ0n) is 31.2. The molecule has 5 aromatic rings. The Morgan fingerprint density at radius 1 is 0.932 bits per heavy atom. The van der Waals surface area contributed by atoms with Crippen molar-refractivity contribution in [1.82, 2.24) is 35.2 Å². The molecule has 2 saturated heterocycles. The van der Waals surface area contributed by atoms with Crippen molar-refractivity contribution >= 4 is 51.8 Å². The molecule has 3 N–H and O–H groups in total. The van der Waals surface area contributed by atoms with Crippen LogP contribution in [0.25, 0.3) is 11.3 Å². The number of carbonyl (C=O) groups is 5. The summed E-state index contributed by atoms with van der Waals surface area (Å²) in [5.41, 5.74) is 3.30. The summed E-state index contributed by atoms with van der Waals surface area (Å²) in [6.07, 6.45) is 1.84. The second-order valence-corrected chi connectivity index (χ2v) is 15.7. The van der Waals surface area contributed by atoms with Crippen LogP contribution >= 0.6 is 11.3 Å². The van der Waals surface area contributed by atoms with Gasteiger partial charge in [0.15, 0.2) is 10.9 Å². The van der Waals surface area contributed by atoms with Gasteiger partial charge in [-0.2, -0.15) is 0 Å². The van der Waals surface area contributed by atoms with Gasteiger partial charge in [-0.1, -0.05) is 18.2 Å². The Labute approximate surface area is 339 Å². The number of thiazole rings is 1. The van der Waals surface area contributed by atoms with Crippen molar-refractivity contribution in [1.29, 1.82) is 0 Å². The number of anilines is 2. The molecule has 0 bridgehead atoms. The molecule has 5 amide bonds. The molecule has 0 spiro atoms. The van der Waals surface area contributed by atoms with Crippen molar-refractivity contribution < 1.29 is 37.9 Å². The van der Waals surface area contributed by atoms with Gasteiger partial charge in [-0.05, 0) is 65.6 Å².